The molecule has 0 aliphatic heterocycles. The maximum atomic E-state index is 11.3. The molecule has 106 valence electrons. The molecule has 1 N–H and O–H groups in total. The van der Waals surface area contributed by atoms with Crippen molar-refractivity contribution in [3.05, 3.63) is 0 Å². The van der Waals surface area contributed by atoms with Crippen LogP contribution in [-0.4, -0.2) is 37.0 Å². The molecule has 0 fully saturated rings. The Kier molecular flexibility index (Phi) is 17.2. The summed E-state index contributed by atoms with van der Waals surface area (Å²) in [5.41, 5.74) is -0.0133. The molecule has 0 aliphatic carbocycles. The fourth-order valence-corrected chi connectivity index (χ4v) is 1.76. The number of carbonyl (C=O) groups excluding carboxylic acids is 1. The molecule has 0 saturated carbocycles. The first-order valence-electron chi connectivity index (χ1n) is 6.93. The lowest BCUT2D eigenvalue weighted by atomic mass is 9.91. The van der Waals surface area contributed by atoms with Gasteiger partial charge in [-0.2, -0.15) is 0 Å². The lowest BCUT2D eigenvalue weighted by molar-refractivity contribution is -0.133. The maximum Gasteiger partial charge on any atom is 0.219 e. The number of carbonyl (C=O) groups is 1. The summed E-state index contributed by atoms with van der Waals surface area (Å²) in [5, 5.41) is 3.15. The number of amides is 1. The van der Waals surface area contributed by atoms with Crippen molar-refractivity contribution in [3.63, 3.8) is 0 Å². The van der Waals surface area contributed by atoms with E-state index in [2.05, 4.69) is 19.2 Å². The van der Waals surface area contributed by atoms with Gasteiger partial charge < -0.3 is 10.2 Å². The van der Waals surface area contributed by atoms with Crippen LogP contribution in [0.5, 0.6) is 0 Å². The lowest BCUT2D eigenvalue weighted by Crippen LogP contribution is -2.53. The van der Waals surface area contributed by atoms with Gasteiger partial charge in [-0.1, -0.05) is 41.5 Å². The second-order valence-electron chi connectivity index (χ2n) is 3.54. The van der Waals surface area contributed by atoms with Crippen LogP contribution in [0.3, 0.4) is 0 Å². The highest BCUT2D eigenvalue weighted by molar-refractivity contribution is 5.73. The number of hydrogen-bond acceptors (Lipinski definition) is 2. The van der Waals surface area contributed by atoms with E-state index >= 15 is 0 Å². The topological polar surface area (TPSA) is 32.3 Å². The van der Waals surface area contributed by atoms with Crippen LogP contribution in [0.1, 0.15) is 61.3 Å². The van der Waals surface area contributed by atoms with E-state index in [1.807, 2.05) is 46.7 Å². The van der Waals surface area contributed by atoms with Gasteiger partial charge in [-0.15, -0.1) is 0 Å². The van der Waals surface area contributed by atoms with Crippen molar-refractivity contribution in [2.45, 2.75) is 66.8 Å². The van der Waals surface area contributed by atoms with Crippen LogP contribution in [0.25, 0.3) is 0 Å². The second kappa shape index (κ2) is 13.5. The van der Waals surface area contributed by atoms with Crippen LogP contribution in [0.15, 0.2) is 0 Å². The van der Waals surface area contributed by atoms with Gasteiger partial charge >= 0.3 is 0 Å². The first kappa shape index (κ1) is 21.7. The van der Waals surface area contributed by atoms with E-state index in [0.29, 0.717) is 0 Å². The number of nitrogens with zero attached hydrogens (tertiary/aromatic N) is 1. The standard InChI is InChI=1S/C10H22N2O.2C2H6/c1-6-10(7-2,8-11-4)12(5)9(3)13;2*1-2/h11H,6-8H2,1-5H3;2*1-2H3. The Labute approximate surface area is 109 Å². The Morgan fingerprint density at radius 2 is 1.47 bits per heavy atom. The van der Waals surface area contributed by atoms with Crippen molar-refractivity contribution in [3.8, 4) is 0 Å². The molecule has 17 heavy (non-hydrogen) atoms. The summed E-state index contributed by atoms with van der Waals surface area (Å²) in [5.74, 6) is 0.138. The number of likely N-dealkylation sites (N-methyl/N-ethyl adjacent to an activating group) is 2. The molecule has 0 aliphatic rings. The summed E-state index contributed by atoms with van der Waals surface area (Å²) in [6.07, 6.45) is 1.97. The van der Waals surface area contributed by atoms with Crippen molar-refractivity contribution in [2.24, 2.45) is 0 Å². The molecule has 0 heterocycles. The first-order chi connectivity index (χ1) is 8.04. The van der Waals surface area contributed by atoms with Crippen molar-refractivity contribution in [1.29, 1.82) is 0 Å². The fourth-order valence-electron chi connectivity index (χ4n) is 1.76. The fraction of sp³-hybridized carbons (Fsp3) is 0.929. The summed E-state index contributed by atoms with van der Waals surface area (Å²) >= 11 is 0. The van der Waals surface area contributed by atoms with Gasteiger partial charge in [0.1, 0.15) is 0 Å². The molecule has 0 aromatic carbocycles. The molecular formula is C14H34N2O. The van der Waals surface area contributed by atoms with Crippen LogP contribution in [-0.2, 0) is 4.79 Å². The highest BCUT2D eigenvalue weighted by atomic mass is 16.2. The van der Waals surface area contributed by atoms with E-state index in [0.717, 1.165) is 19.4 Å². The van der Waals surface area contributed by atoms with E-state index in [-0.39, 0.29) is 11.4 Å². The highest BCUT2D eigenvalue weighted by Gasteiger charge is 2.31. The minimum Gasteiger partial charge on any atom is -0.339 e. The second-order valence-corrected chi connectivity index (χ2v) is 3.54. The third-order valence-electron chi connectivity index (χ3n) is 3.01. The molecule has 0 atom stereocenters. The van der Waals surface area contributed by atoms with Gasteiger partial charge in [0.2, 0.25) is 5.91 Å². The molecule has 0 aromatic heterocycles. The van der Waals surface area contributed by atoms with Crippen molar-refractivity contribution in [1.82, 2.24) is 10.2 Å². The Morgan fingerprint density at radius 3 is 1.65 bits per heavy atom. The SMILES string of the molecule is CC.CC.CCC(CC)(CNC)N(C)C(C)=O. The van der Waals surface area contributed by atoms with Crippen LogP contribution in [0.2, 0.25) is 0 Å². The van der Waals surface area contributed by atoms with Gasteiger partial charge in [0.05, 0.1) is 5.54 Å². The zero-order chi connectivity index (χ0) is 14.5. The molecule has 0 rings (SSSR count). The van der Waals surface area contributed by atoms with E-state index in [4.69, 9.17) is 0 Å². The van der Waals surface area contributed by atoms with Gasteiger partial charge in [-0.05, 0) is 19.9 Å². The third kappa shape index (κ3) is 7.37. The zero-order valence-electron chi connectivity index (χ0n) is 13.5. The summed E-state index contributed by atoms with van der Waals surface area (Å²) < 4.78 is 0. The Balaban J connectivity index is -0.000000439. The Morgan fingerprint density at radius 1 is 1.12 bits per heavy atom. The zero-order valence-corrected chi connectivity index (χ0v) is 13.5. The molecule has 0 aromatic rings. The monoisotopic (exact) mass is 246 g/mol. The molecular weight excluding hydrogens is 212 g/mol. The van der Waals surface area contributed by atoms with E-state index in [1.165, 1.54) is 0 Å². The number of rotatable bonds is 5. The predicted molar refractivity (Wildman–Crippen MR) is 78.4 cm³/mol. The van der Waals surface area contributed by atoms with E-state index in [9.17, 15) is 4.79 Å². The normalized spacial score (nSPS) is 9.47. The molecule has 0 bridgehead atoms. The summed E-state index contributed by atoms with van der Waals surface area (Å²) in [4.78, 5) is 13.1. The lowest BCUT2D eigenvalue weighted by Gasteiger charge is -2.40. The Hall–Kier alpha value is -0.570. The minimum absolute atomic E-state index is 0.0133. The third-order valence-corrected chi connectivity index (χ3v) is 3.01. The summed E-state index contributed by atoms with van der Waals surface area (Å²) in [7, 11) is 3.81. The summed E-state index contributed by atoms with van der Waals surface area (Å²) in [6, 6.07) is 0. The van der Waals surface area contributed by atoms with Gasteiger partial charge in [0.25, 0.3) is 0 Å². The molecule has 3 nitrogen and oxygen atoms in total. The largest absolute Gasteiger partial charge is 0.339 e. The van der Waals surface area contributed by atoms with E-state index in [1.54, 1.807) is 6.92 Å². The van der Waals surface area contributed by atoms with Gasteiger partial charge in [-0.25, -0.2) is 0 Å². The van der Waals surface area contributed by atoms with Crippen LogP contribution >= 0.6 is 0 Å². The molecule has 3 heteroatoms. The van der Waals surface area contributed by atoms with Crippen molar-refractivity contribution in [2.75, 3.05) is 20.6 Å². The van der Waals surface area contributed by atoms with E-state index < -0.39 is 0 Å². The first-order valence-corrected chi connectivity index (χ1v) is 6.93. The van der Waals surface area contributed by atoms with Crippen LogP contribution < -0.4 is 5.32 Å². The number of hydrogen-bond donors (Lipinski definition) is 1. The van der Waals surface area contributed by atoms with Gasteiger partial charge in [0, 0.05) is 20.5 Å². The predicted octanol–water partition coefficient (Wildman–Crippen LogP) is 3.30. The minimum atomic E-state index is -0.0133. The van der Waals surface area contributed by atoms with Crippen molar-refractivity contribution < 1.29 is 4.79 Å². The molecule has 0 spiro atoms. The molecule has 1 amide bonds. The molecule has 0 radical (unpaired) electrons. The number of nitrogens with one attached hydrogen (secondary N) is 1. The van der Waals surface area contributed by atoms with Crippen molar-refractivity contribution >= 4 is 5.91 Å². The average Bonchev–Trinajstić information content (AvgIpc) is 2.40. The Bertz CT molecular complexity index is 166. The van der Waals surface area contributed by atoms with Crippen LogP contribution in [0.4, 0.5) is 0 Å². The molecule has 0 saturated heterocycles. The highest BCUT2D eigenvalue weighted by Crippen LogP contribution is 2.21. The molecule has 0 unspecified atom stereocenters. The van der Waals surface area contributed by atoms with Gasteiger partial charge in [-0.3, -0.25) is 4.79 Å². The summed E-state index contributed by atoms with van der Waals surface area (Å²) in [6.45, 7) is 14.7. The van der Waals surface area contributed by atoms with Gasteiger partial charge in [0.15, 0.2) is 0 Å². The average molecular weight is 246 g/mol. The van der Waals surface area contributed by atoms with Crippen LogP contribution in [0, 0.1) is 0 Å². The maximum absolute atomic E-state index is 11.3. The smallest absolute Gasteiger partial charge is 0.219 e. The quantitative estimate of drug-likeness (QED) is 0.807.